The standard InChI is InChI=1S/C14H22N2S/c1-11-5-12(2)7-13(6-11)8-15-4-3-14-9-17-10-16-14/h5,9-11,13,15H,3-4,6-8H2,1-2H3. The van der Waals surface area contributed by atoms with Crippen LogP contribution < -0.4 is 5.32 Å². The largest absolute Gasteiger partial charge is 0.316 e. The minimum Gasteiger partial charge on any atom is -0.316 e. The highest BCUT2D eigenvalue weighted by Gasteiger charge is 2.17. The topological polar surface area (TPSA) is 24.9 Å². The van der Waals surface area contributed by atoms with Crippen molar-refractivity contribution in [2.24, 2.45) is 11.8 Å². The van der Waals surface area contributed by atoms with Gasteiger partial charge in [-0.05, 0) is 38.1 Å². The average Bonchev–Trinajstić information content (AvgIpc) is 2.76. The summed E-state index contributed by atoms with van der Waals surface area (Å²) in [6.07, 6.45) is 6.08. The summed E-state index contributed by atoms with van der Waals surface area (Å²) < 4.78 is 0. The first-order chi connectivity index (χ1) is 8.24. The van der Waals surface area contributed by atoms with Crippen molar-refractivity contribution in [3.05, 3.63) is 28.2 Å². The van der Waals surface area contributed by atoms with Gasteiger partial charge in [0.1, 0.15) is 0 Å². The summed E-state index contributed by atoms with van der Waals surface area (Å²) in [5.41, 5.74) is 4.69. The lowest BCUT2D eigenvalue weighted by molar-refractivity contribution is 0.382. The molecule has 1 aliphatic rings. The maximum atomic E-state index is 4.29. The number of thiazole rings is 1. The van der Waals surface area contributed by atoms with E-state index in [1.165, 1.54) is 18.5 Å². The third-order valence-electron chi connectivity index (χ3n) is 3.36. The van der Waals surface area contributed by atoms with E-state index in [2.05, 4.69) is 35.6 Å². The van der Waals surface area contributed by atoms with Gasteiger partial charge in [0.2, 0.25) is 0 Å². The molecule has 0 saturated carbocycles. The molecule has 2 unspecified atom stereocenters. The lowest BCUT2D eigenvalue weighted by Crippen LogP contribution is -2.27. The van der Waals surface area contributed by atoms with E-state index in [-0.39, 0.29) is 0 Å². The molecule has 0 radical (unpaired) electrons. The van der Waals surface area contributed by atoms with Gasteiger partial charge in [0, 0.05) is 18.3 Å². The van der Waals surface area contributed by atoms with Gasteiger partial charge in [-0.3, -0.25) is 0 Å². The van der Waals surface area contributed by atoms with E-state index in [4.69, 9.17) is 0 Å². The fraction of sp³-hybridized carbons (Fsp3) is 0.643. The first kappa shape index (κ1) is 12.8. The molecule has 1 aromatic heterocycles. The van der Waals surface area contributed by atoms with E-state index in [9.17, 15) is 0 Å². The van der Waals surface area contributed by atoms with Gasteiger partial charge >= 0.3 is 0 Å². The van der Waals surface area contributed by atoms with Crippen molar-refractivity contribution in [3.8, 4) is 0 Å². The molecule has 3 heteroatoms. The monoisotopic (exact) mass is 250 g/mol. The number of nitrogens with zero attached hydrogens (tertiary/aromatic N) is 1. The van der Waals surface area contributed by atoms with Gasteiger partial charge in [0.05, 0.1) is 11.2 Å². The molecule has 2 atom stereocenters. The van der Waals surface area contributed by atoms with Crippen LogP contribution in [0.25, 0.3) is 0 Å². The smallest absolute Gasteiger partial charge is 0.0794 e. The molecule has 0 aromatic carbocycles. The zero-order valence-electron chi connectivity index (χ0n) is 10.8. The first-order valence-corrected chi connectivity index (χ1v) is 7.43. The third-order valence-corrected chi connectivity index (χ3v) is 3.99. The fourth-order valence-electron chi connectivity index (χ4n) is 2.73. The molecular weight excluding hydrogens is 228 g/mol. The normalized spacial score (nSPS) is 24.7. The predicted octanol–water partition coefficient (Wildman–Crippen LogP) is 3.27. The van der Waals surface area contributed by atoms with Crippen LogP contribution in [0.2, 0.25) is 0 Å². The first-order valence-electron chi connectivity index (χ1n) is 6.49. The summed E-state index contributed by atoms with van der Waals surface area (Å²) in [6.45, 7) is 6.79. The van der Waals surface area contributed by atoms with Crippen LogP contribution in [0, 0.1) is 11.8 Å². The molecule has 0 fully saturated rings. The Hall–Kier alpha value is -0.670. The van der Waals surface area contributed by atoms with Gasteiger partial charge in [-0.25, -0.2) is 4.98 Å². The number of hydrogen-bond donors (Lipinski definition) is 1. The Balaban J connectivity index is 1.64. The van der Waals surface area contributed by atoms with E-state index in [1.807, 2.05) is 5.51 Å². The summed E-state index contributed by atoms with van der Waals surface area (Å²) in [5.74, 6) is 1.58. The van der Waals surface area contributed by atoms with Gasteiger partial charge in [0.25, 0.3) is 0 Å². The Morgan fingerprint density at radius 2 is 2.41 bits per heavy atom. The zero-order valence-corrected chi connectivity index (χ0v) is 11.6. The SMILES string of the molecule is CC1=CC(C)CC(CNCCc2cscn2)C1. The Morgan fingerprint density at radius 3 is 3.12 bits per heavy atom. The van der Waals surface area contributed by atoms with Gasteiger partial charge in [-0.1, -0.05) is 18.6 Å². The highest BCUT2D eigenvalue weighted by Crippen LogP contribution is 2.27. The summed E-state index contributed by atoms with van der Waals surface area (Å²) >= 11 is 1.68. The van der Waals surface area contributed by atoms with E-state index in [0.29, 0.717) is 0 Å². The second-order valence-corrected chi connectivity index (χ2v) is 5.95. The van der Waals surface area contributed by atoms with Crippen molar-refractivity contribution in [2.75, 3.05) is 13.1 Å². The molecule has 0 saturated heterocycles. The van der Waals surface area contributed by atoms with Crippen LogP contribution in [0.4, 0.5) is 0 Å². The quantitative estimate of drug-likeness (QED) is 0.641. The molecule has 0 aliphatic heterocycles. The average molecular weight is 250 g/mol. The molecule has 0 amide bonds. The van der Waals surface area contributed by atoms with Gasteiger partial charge in [0.15, 0.2) is 0 Å². The van der Waals surface area contributed by atoms with E-state index < -0.39 is 0 Å². The molecule has 2 nitrogen and oxygen atoms in total. The highest BCUT2D eigenvalue weighted by molar-refractivity contribution is 7.07. The van der Waals surface area contributed by atoms with Crippen LogP contribution in [-0.4, -0.2) is 18.1 Å². The molecule has 0 bridgehead atoms. The van der Waals surface area contributed by atoms with Gasteiger partial charge < -0.3 is 5.32 Å². The molecule has 1 aliphatic carbocycles. The van der Waals surface area contributed by atoms with Crippen LogP contribution in [0.5, 0.6) is 0 Å². The Bertz CT molecular complexity index is 356. The summed E-state index contributed by atoms with van der Waals surface area (Å²) in [5, 5.41) is 5.71. The zero-order chi connectivity index (χ0) is 12.1. The van der Waals surface area contributed by atoms with Crippen molar-refractivity contribution in [3.63, 3.8) is 0 Å². The Kier molecular flexibility index (Phi) is 4.75. The number of nitrogens with one attached hydrogen (secondary N) is 1. The fourth-order valence-corrected chi connectivity index (χ4v) is 3.32. The summed E-state index contributed by atoms with van der Waals surface area (Å²) in [6, 6.07) is 0. The molecule has 17 heavy (non-hydrogen) atoms. The second kappa shape index (κ2) is 6.31. The van der Waals surface area contributed by atoms with E-state index in [0.717, 1.165) is 31.3 Å². The maximum absolute atomic E-state index is 4.29. The molecular formula is C14H22N2S. The van der Waals surface area contributed by atoms with Crippen LogP contribution in [0.1, 0.15) is 32.4 Å². The third kappa shape index (κ3) is 4.25. The van der Waals surface area contributed by atoms with Crippen molar-refractivity contribution >= 4 is 11.3 Å². The Morgan fingerprint density at radius 1 is 1.53 bits per heavy atom. The van der Waals surface area contributed by atoms with Gasteiger partial charge in [-0.15, -0.1) is 11.3 Å². The van der Waals surface area contributed by atoms with Crippen molar-refractivity contribution in [2.45, 2.75) is 33.1 Å². The maximum Gasteiger partial charge on any atom is 0.0794 e. The van der Waals surface area contributed by atoms with Crippen molar-refractivity contribution in [1.82, 2.24) is 10.3 Å². The van der Waals surface area contributed by atoms with E-state index in [1.54, 1.807) is 16.9 Å². The summed E-state index contributed by atoms with van der Waals surface area (Å²) in [7, 11) is 0. The highest BCUT2D eigenvalue weighted by atomic mass is 32.1. The number of aromatic nitrogens is 1. The summed E-state index contributed by atoms with van der Waals surface area (Å²) in [4.78, 5) is 4.29. The number of rotatable bonds is 5. The van der Waals surface area contributed by atoms with Crippen molar-refractivity contribution < 1.29 is 0 Å². The van der Waals surface area contributed by atoms with Crippen LogP contribution >= 0.6 is 11.3 Å². The lowest BCUT2D eigenvalue weighted by atomic mass is 9.84. The minimum atomic E-state index is 0.758. The number of allylic oxidation sites excluding steroid dienone is 2. The van der Waals surface area contributed by atoms with Crippen LogP contribution in [0.3, 0.4) is 0 Å². The molecule has 1 aromatic rings. The molecule has 1 N–H and O–H groups in total. The number of hydrogen-bond acceptors (Lipinski definition) is 3. The second-order valence-electron chi connectivity index (χ2n) is 5.23. The minimum absolute atomic E-state index is 0.758. The van der Waals surface area contributed by atoms with Crippen LogP contribution in [-0.2, 0) is 6.42 Å². The molecule has 0 spiro atoms. The van der Waals surface area contributed by atoms with Crippen LogP contribution in [0.15, 0.2) is 22.5 Å². The van der Waals surface area contributed by atoms with Crippen molar-refractivity contribution in [1.29, 1.82) is 0 Å². The lowest BCUT2D eigenvalue weighted by Gasteiger charge is -2.25. The molecule has 2 rings (SSSR count). The Labute approximate surface area is 108 Å². The molecule has 94 valence electrons. The van der Waals surface area contributed by atoms with E-state index >= 15 is 0 Å². The van der Waals surface area contributed by atoms with Gasteiger partial charge in [-0.2, -0.15) is 0 Å². The molecule has 1 heterocycles. The predicted molar refractivity (Wildman–Crippen MR) is 74.3 cm³/mol.